The van der Waals surface area contributed by atoms with Gasteiger partial charge in [-0.05, 0) is 59.2 Å². The molecule has 7 nitrogen and oxygen atoms in total. The van der Waals surface area contributed by atoms with Crippen LogP contribution in [-0.2, 0) is 4.79 Å². The van der Waals surface area contributed by atoms with Gasteiger partial charge in [-0.3, -0.25) is 4.79 Å². The van der Waals surface area contributed by atoms with Crippen molar-refractivity contribution in [2.45, 2.75) is 0 Å². The summed E-state index contributed by atoms with van der Waals surface area (Å²) in [5.41, 5.74) is 9.73. The second kappa shape index (κ2) is 11.5. The predicted molar refractivity (Wildman–Crippen MR) is 137 cm³/mol. The van der Waals surface area contributed by atoms with E-state index < -0.39 is 0 Å². The smallest absolute Gasteiger partial charge is 0.248 e. The summed E-state index contributed by atoms with van der Waals surface area (Å²) in [5.74, 6) is 2.05. The fraction of sp³-hybridized carbons (Fsp3) is 0.148. The zero-order valence-corrected chi connectivity index (χ0v) is 19.6. The summed E-state index contributed by atoms with van der Waals surface area (Å²) in [6.45, 7) is 0. The van der Waals surface area contributed by atoms with Gasteiger partial charge in [0.15, 0.2) is 11.5 Å². The third kappa shape index (κ3) is 6.10. The van der Waals surface area contributed by atoms with Crippen molar-refractivity contribution >= 4 is 35.5 Å². The molecular formula is C27H28N2O5. The fourth-order valence-electron chi connectivity index (χ4n) is 3.25. The molecule has 0 aliphatic rings. The van der Waals surface area contributed by atoms with Crippen molar-refractivity contribution in [3.8, 4) is 23.0 Å². The predicted octanol–water partition coefficient (Wildman–Crippen LogP) is 5.13. The van der Waals surface area contributed by atoms with Crippen LogP contribution < -0.4 is 30.0 Å². The Hall–Kier alpha value is -4.39. The van der Waals surface area contributed by atoms with Gasteiger partial charge < -0.3 is 30.0 Å². The highest BCUT2D eigenvalue weighted by molar-refractivity contribution is 6.02. The highest BCUT2D eigenvalue weighted by Gasteiger charge is 2.12. The first-order chi connectivity index (χ1) is 16.5. The topological polar surface area (TPSA) is 92.0 Å². The van der Waals surface area contributed by atoms with E-state index in [-0.39, 0.29) is 5.91 Å². The van der Waals surface area contributed by atoms with Crippen molar-refractivity contribution in [3.63, 3.8) is 0 Å². The monoisotopic (exact) mass is 460 g/mol. The average Bonchev–Trinajstić information content (AvgIpc) is 2.87. The van der Waals surface area contributed by atoms with E-state index in [0.717, 1.165) is 16.7 Å². The first-order valence-electron chi connectivity index (χ1n) is 10.5. The average molecular weight is 461 g/mol. The van der Waals surface area contributed by atoms with Gasteiger partial charge in [0.05, 0.1) is 34.1 Å². The van der Waals surface area contributed by atoms with Crippen molar-refractivity contribution in [2.75, 3.05) is 39.5 Å². The van der Waals surface area contributed by atoms with Gasteiger partial charge in [-0.15, -0.1) is 0 Å². The number of nitrogens with two attached hydrogens (primary N) is 1. The number of rotatable bonds is 9. The van der Waals surface area contributed by atoms with Crippen LogP contribution in [-0.4, -0.2) is 34.3 Å². The van der Waals surface area contributed by atoms with Gasteiger partial charge in [0.25, 0.3) is 0 Å². The lowest BCUT2D eigenvalue weighted by Gasteiger charge is -2.12. The van der Waals surface area contributed by atoms with E-state index in [4.69, 9.17) is 24.7 Å². The van der Waals surface area contributed by atoms with E-state index >= 15 is 0 Å². The molecule has 0 aromatic heterocycles. The molecule has 0 aliphatic heterocycles. The summed E-state index contributed by atoms with van der Waals surface area (Å²) >= 11 is 0. The highest BCUT2D eigenvalue weighted by atomic mass is 16.5. The third-order valence-electron chi connectivity index (χ3n) is 5.02. The van der Waals surface area contributed by atoms with Crippen LogP contribution in [0.25, 0.3) is 18.2 Å². The first kappa shape index (κ1) is 24.3. The number of methoxy groups -OCH3 is 4. The van der Waals surface area contributed by atoms with Crippen molar-refractivity contribution < 1.29 is 23.7 Å². The first-order valence-corrected chi connectivity index (χ1v) is 10.5. The van der Waals surface area contributed by atoms with E-state index in [2.05, 4.69) is 5.32 Å². The standard InChI is InChI=1S/C27H28N2O5/c1-31-23-15-19(9-13-22(23)28)10-14-26(30)29-21-11-7-18(8-12-21)5-6-20-16-24(32-2)27(34-4)25(17-20)33-3/h5-17H,28H2,1-4H3,(H,29,30)/b6-5+,14-10+. The molecular weight excluding hydrogens is 432 g/mol. The molecule has 0 saturated heterocycles. The molecule has 0 heterocycles. The van der Waals surface area contributed by atoms with Crippen LogP contribution in [0.3, 0.4) is 0 Å². The van der Waals surface area contributed by atoms with Crippen LogP contribution in [0, 0.1) is 0 Å². The summed E-state index contributed by atoms with van der Waals surface area (Å²) in [6, 6.07) is 16.6. The Morgan fingerprint density at radius 1 is 0.706 bits per heavy atom. The van der Waals surface area contributed by atoms with Crippen molar-refractivity contribution in [3.05, 3.63) is 77.4 Å². The van der Waals surface area contributed by atoms with Gasteiger partial charge in [-0.25, -0.2) is 0 Å². The summed E-state index contributed by atoms with van der Waals surface area (Å²) < 4.78 is 21.3. The second-order valence-electron chi connectivity index (χ2n) is 7.24. The Morgan fingerprint density at radius 2 is 1.26 bits per heavy atom. The van der Waals surface area contributed by atoms with E-state index in [1.807, 2.05) is 54.6 Å². The number of hydrogen-bond acceptors (Lipinski definition) is 6. The van der Waals surface area contributed by atoms with E-state index in [1.165, 1.54) is 6.08 Å². The van der Waals surface area contributed by atoms with Gasteiger partial charge in [-0.1, -0.05) is 30.4 Å². The summed E-state index contributed by atoms with van der Waals surface area (Å²) in [6.07, 6.45) is 7.07. The molecule has 176 valence electrons. The minimum absolute atomic E-state index is 0.239. The molecule has 3 aromatic rings. The van der Waals surface area contributed by atoms with Gasteiger partial charge in [-0.2, -0.15) is 0 Å². The minimum Gasteiger partial charge on any atom is -0.495 e. The maximum atomic E-state index is 12.3. The molecule has 0 spiro atoms. The van der Waals surface area contributed by atoms with Crippen LogP contribution in [0.15, 0.2) is 60.7 Å². The third-order valence-corrected chi connectivity index (χ3v) is 5.02. The maximum Gasteiger partial charge on any atom is 0.248 e. The summed E-state index contributed by atoms with van der Waals surface area (Å²) in [7, 11) is 6.29. The van der Waals surface area contributed by atoms with Gasteiger partial charge in [0, 0.05) is 11.8 Å². The summed E-state index contributed by atoms with van der Waals surface area (Å²) in [5, 5.41) is 2.84. The number of hydrogen-bond donors (Lipinski definition) is 2. The van der Waals surface area contributed by atoms with Crippen LogP contribution in [0.5, 0.6) is 23.0 Å². The SMILES string of the molecule is COc1cc(/C=C/C(=O)Nc2ccc(/C=C/c3cc(OC)c(OC)c(OC)c3)cc2)ccc1N. The molecule has 0 aliphatic carbocycles. The second-order valence-corrected chi connectivity index (χ2v) is 7.24. The lowest BCUT2D eigenvalue weighted by molar-refractivity contribution is -0.111. The normalized spacial score (nSPS) is 10.9. The molecule has 3 aromatic carbocycles. The molecule has 0 radical (unpaired) electrons. The summed E-state index contributed by atoms with van der Waals surface area (Å²) in [4.78, 5) is 12.3. The van der Waals surface area contributed by atoms with Crippen molar-refractivity contribution in [1.82, 2.24) is 0 Å². The van der Waals surface area contributed by atoms with E-state index in [9.17, 15) is 4.79 Å². The number of nitrogens with one attached hydrogen (secondary N) is 1. The lowest BCUT2D eigenvalue weighted by Crippen LogP contribution is -2.07. The van der Waals surface area contributed by atoms with Gasteiger partial charge in [0.1, 0.15) is 5.75 Å². The highest BCUT2D eigenvalue weighted by Crippen LogP contribution is 2.38. The lowest BCUT2D eigenvalue weighted by atomic mass is 10.1. The number of ether oxygens (including phenoxy) is 4. The molecule has 3 rings (SSSR count). The zero-order valence-electron chi connectivity index (χ0n) is 19.6. The molecule has 0 saturated carbocycles. The Morgan fingerprint density at radius 3 is 1.85 bits per heavy atom. The van der Waals surface area contributed by atoms with Crippen LogP contribution >= 0.6 is 0 Å². The van der Waals surface area contributed by atoms with Crippen LogP contribution in [0.1, 0.15) is 16.7 Å². The minimum atomic E-state index is -0.239. The van der Waals surface area contributed by atoms with Crippen LogP contribution in [0.4, 0.5) is 11.4 Å². The zero-order chi connectivity index (χ0) is 24.5. The molecule has 0 bridgehead atoms. The molecule has 1 amide bonds. The number of carbonyl (C=O) groups is 1. The molecule has 0 unspecified atom stereocenters. The molecule has 34 heavy (non-hydrogen) atoms. The Labute approximate surface area is 199 Å². The molecule has 7 heteroatoms. The van der Waals surface area contributed by atoms with Crippen LogP contribution in [0.2, 0.25) is 0 Å². The van der Waals surface area contributed by atoms with Gasteiger partial charge >= 0.3 is 0 Å². The van der Waals surface area contributed by atoms with E-state index in [0.29, 0.717) is 34.4 Å². The molecule has 0 atom stereocenters. The number of nitrogen functional groups attached to an aromatic ring is 1. The van der Waals surface area contributed by atoms with Gasteiger partial charge in [0.2, 0.25) is 11.7 Å². The Kier molecular flexibility index (Phi) is 8.18. The van der Waals surface area contributed by atoms with Crippen molar-refractivity contribution in [1.29, 1.82) is 0 Å². The van der Waals surface area contributed by atoms with Crippen molar-refractivity contribution in [2.24, 2.45) is 0 Å². The largest absolute Gasteiger partial charge is 0.495 e. The fourth-order valence-corrected chi connectivity index (χ4v) is 3.25. The Bertz CT molecular complexity index is 1180. The maximum absolute atomic E-state index is 12.3. The number of carbonyl (C=O) groups excluding carboxylic acids is 1. The Balaban J connectivity index is 1.65. The van der Waals surface area contributed by atoms with E-state index in [1.54, 1.807) is 46.6 Å². The molecule has 0 fully saturated rings. The number of amides is 1. The molecule has 3 N–H and O–H groups in total. The quantitative estimate of drug-likeness (QED) is 0.261. The number of benzene rings is 3. The number of anilines is 2.